The van der Waals surface area contributed by atoms with E-state index >= 15 is 0 Å². The van der Waals surface area contributed by atoms with Crippen molar-refractivity contribution in [2.75, 3.05) is 12.0 Å². The summed E-state index contributed by atoms with van der Waals surface area (Å²) in [6.07, 6.45) is 0. The minimum absolute atomic E-state index is 0.0690. The van der Waals surface area contributed by atoms with E-state index in [4.69, 9.17) is 5.26 Å². The summed E-state index contributed by atoms with van der Waals surface area (Å²) in [5.41, 5.74) is 2.35. The molecule has 1 aromatic rings. The molecule has 0 aliphatic carbocycles. The number of hydrazone groups is 1. The van der Waals surface area contributed by atoms with Crippen molar-refractivity contribution in [3.8, 4) is 6.07 Å². The Balaban J connectivity index is 2.76. The SMILES string of the molecule is CCOC(=O)/C(C#N)=N/Nc1ccc([N+](=O)[O-])cc1. The lowest BCUT2D eigenvalue weighted by Gasteiger charge is -2.01. The zero-order valence-corrected chi connectivity index (χ0v) is 9.99. The smallest absolute Gasteiger partial charge is 0.369 e. The molecule has 0 unspecified atom stereocenters. The van der Waals surface area contributed by atoms with E-state index in [1.807, 2.05) is 0 Å². The third kappa shape index (κ3) is 4.08. The number of anilines is 1. The first-order valence-corrected chi connectivity index (χ1v) is 5.23. The number of nitrogens with zero attached hydrogens (tertiary/aromatic N) is 3. The van der Waals surface area contributed by atoms with Crippen LogP contribution < -0.4 is 5.43 Å². The molecule has 1 aromatic carbocycles. The van der Waals surface area contributed by atoms with E-state index in [0.717, 1.165) is 0 Å². The largest absolute Gasteiger partial charge is 0.461 e. The number of hydrogen-bond acceptors (Lipinski definition) is 7. The Morgan fingerprint density at radius 3 is 2.63 bits per heavy atom. The second-order valence-corrected chi connectivity index (χ2v) is 3.21. The summed E-state index contributed by atoms with van der Waals surface area (Å²) >= 11 is 0. The number of carbonyl (C=O) groups is 1. The van der Waals surface area contributed by atoms with Gasteiger partial charge in [-0.2, -0.15) is 10.4 Å². The molecule has 0 atom stereocenters. The third-order valence-corrected chi connectivity index (χ3v) is 1.95. The summed E-state index contributed by atoms with van der Waals surface area (Å²) in [4.78, 5) is 21.1. The molecule has 8 nitrogen and oxygen atoms in total. The summed E-state index contributed by atoms with van der Waals surface area (Å²) in [6, 6.07) is 6.94. The van der Waals surface area contributed by atoms with Crippen molar-refractivity contribution in [3.05, 3.63) is 34.4 Å². The summed E-state index contributed by atoms with van der Waals surface area (Å²) in [6.45, 7) is 1.74. The highest BCUT2D eigenvalue weighted by Crippen LogP contribution is 2.15. The van der Waals surface area contributed by atoms with Crippen molar-refractivity contribution in [1.29, 1.82) is 5.26 Å². The predicted octanol–water partition coefficient (Wildman–Crippen LogP) is 1.45. The number of nitro benzene ring substituents is 1. The Labute approximate surface area is 108 Å². The molecule has 0 aliphatic heterocycles. The van der Waals surface area contributed by atoms with E-state index in [0.29, 0.717) is 5.69 Å². The molecular weight excluding hydrogens is 252 g/mol. The van der Waals surface area contributed by atoms with Crippen molar-refractivity contribution in [2.24, 2.45) is 5.10 Å². The van der Waals surface area contributed by atoms with Gasteiger partial charge in [-0.1, -0.05) is 0 Å². The van der Waals surface area contributed by atoms with Gasteiger partial charge in [0, 0.05) is 12.1 Å². The van der Waals surface area contributed by atoms with Crippen LogP contribution in [-0.2, 0) is 9.53 Å². The number of nitriles is 1. The van der Waals surface area contributed by atoms with Crippen molar-refractivity contribution in [3.63, 3.8) is 0 Å². The van der Waals surface area contributed by atoms with Crippen molar-refractivity contribution < 1.29 is 14.5 Å². The van der Waals surface area contributed by atoms with E-state index in [9.17, 15) is 14.9 Å². The molecule has 1 rings (SSSR count). The normalized spacial score (nSPS) is 10.4. The van der Waals surface area contributed by atoms with Gasteiger partial charge in [0.15, 0.2) is 0 Å². The van der Waals surface area contributed by atoms with E-state index in [-0.39, 0.29) is 12.3 Å². The lowest BCUT2D eigenvalue weighted by molar-refractivity contribution is -0.384. The second-order valence-electron chi connectivity index (χ2n) is 3.21. The third-order valence-electron chi connectivity index (χ3n) is 1.95. The summed E-state index contributed by atoms with van der Waals surface area (Å²) in [7, 11) is 0. The van der Waals surface area contributed by atoms with Crippen LogP contribution in [0.1, 0.15) is 6.92 Å². The lowest BCUT2D eigenvalue weighted by Crippen LogP contribution is -2.17. The molecule has 0 aliphatic rings. The Morgan fingerprint density at radius 2 is 2.16 bits per heavy atom. The number of ether oxygens (including phenoxy) is 1. The number of non-ortho nitro benzene ring substituents is 1. The van der Waals surface area contributed by atoms with Crippen molar-refractivity contribution in [1.82, 2.24) is 0 Å². The fourth-order valence-electron chi connectivity index (χ4n) is 1.09. The lowest BCUT2D eigenvalue weighted by atomic mass is 10.3. The second kappa shape index (κ2) is 6.70. The maximum Gasteiger partial charge on any atom is 0.369 e. The predicted molar refractivity (Wildman–Crippen MR) is 66.4 cm³/mol. The Kier molecular flexibility index (Phi) is 4.98. The van der Waals surface area contributed by atoms with Crippen molar-refractivity contribution >= 4 is 23.1 Å². The molecule has 0 aromatic heterocycles. The number of nitro groups is 1. The number of esters is 1. The van der Waals surface area contributed by atoms with Gasteiger partial charge in [-0.3, -0.25) is 15.5 Å². The van der Waals surface area contributed by atoms with Crippen molar-refractivity contribution in [2.45, 2.75) is 6.92 Å². The minimum atomic E-state index is -0.834. The molecule has 0 saturated carbocycles. The zero-order chi connectivity index (χ0) is 14.3. The van der Waals surface area contributed by atoms with Gasteiger partial charge in [-0.05, 0) is 19.1 Å². The number of hydrogen-bond donors (Lipinski definition) is 1. The van der Waals surface area contributed by atoms with E-state index in [2.05, 4.69) is 15.3 Å². The van der Waals surface area contributed by atoms with Gasteiger partial charge in [0.1, 0.15) is 6.07 Å². The van der Waals surface area contributed by atoms with Crippen LogP contribution in [0.25, 0.3) is 0 Å². The first kappa shape index (κ1) is 14.1. The van der Waals surface area contributed by atoms with Crippen LogP contribution in [0, 0.1) is 21.4 Å². The molecule has 98 valence electrons. The van der Waals surface area contributed by atoms with E-state index in [1.54, 1.807) is 13.0 Å². The molecule has 1 N–H and O–H groups in total. The standard InChI is InChI=1S/C11H10N4O4/c1-2-19-11(16)10(7-12)14-13-8-3-5-9(6-4-8)15(17)18/h3-6,13H,2H2,1H3/b14-10+. The quantitative estimate of drug-likeness (QED) is 0.371. The number of benzene rings is 1. The fraction of sp³-hybridized carbons (Fsp3) is 0.182. The highest BCUT2D eigenvalue weighted by Gasteiger charge is 2.11. The number of carbonyl (C=O) groups excluding carboxylic acids is 1. The first-order valence-electron chi connectivity index (χ1n) is 5.23. The molecule has 19 heavy (non-hydrogen) atoms. The molecule has 0 fully saturated rings. The Hall–Kier alpha value is -2.95. The Morgan fingerprint density at radius 1 is 1.53 bits per heavy atom. The highest BCUT2D eigenvalue weighted by molar-refractivity contribution is 6.43. The topological polar surface area (TPSA) is 118 Å². The van der Waals surface area contributed by atoms with Gasteiger partial charge in [-0.15, -0.1) is 0 Å². The van der Waals surface area contributed by atoms with E-state index < -0.39 is 16.6 Å². The van der Waals surface area contributed by atoms with Crippen LogP contribution in [0.3, 0.4) is 0 Å². The van der Waals surface area contributed by atoms with Crippen LogP contribution in [0.4, 0.5) is 11.4 Å². The average Bonchev–Trinajstić information content (AvgIpc) is 2.40. The molecule has 0 saturated heterocycles. The van der Waals surface area contributed by atoms with Gasteiger partial charge in [0.25, 0.3) is 5.69 Å². The highest BCUT2D eigenvalue weighted by atomic mass is 16.6. The van der Waals surface area contributed by atoms with Crippen LogP contribution in [0.2, 0.25) is 0 Å². The monoisotopic (exact) mass is 262 g/mol. The molecule has 0 heterocycles. The van der Waals surface area contributed by atoms with Gasteiger partial charge >= 0.3 is 5.97 Å². The van der Waals surface area contributed by atoms with Crippen LogP contribution in [0.5, 0.6) is 0 Å². The zero-order valence-electron chi connectivity index (χ0n) is 9.99. The maximum atomic E-state index is 11.2. The van der Waals surface area contributed by atoms with Gasteiger partial charge < -0.3 is 4.74 Å². The molecule has 0 spiro atoms. The average molecular weight is 262 g/mol. The summed E-state index contributed by atoms with van der Waals surface area (Å²) in [5.74, 6) is -0.834. The van der Waals surface area contributed by atoms with Gasteiger partial charge in [0.05, 0.1) is 17.2 Å². The minimum Gasteiger partial charge on any atom is -0.461 e. The first-order chi connectivity index (χ1) is 9.08. The summed E-state index contributed by atoms with van der Waals surface area (Å²) in [5, 5.41) is 22.7. The maximum absolute atomic E-state index is 11.2. The summed E-state index contributed by atoms with van der Waals surface area (Å²) < 4.78 is 4.61. The van der Waals surface area contributed by atoms with Gasteiger partial charge in [0.2, 0.25) is 5.71 Å². The van der Waals surface area contributed by atoms with Crippen LogP contribution in [-0.4, -0.2) is 23.2 Å². The number of nitrogens with one attached hydrogen (secondary N) is 1. The molecule has 0 radical (unpaired) electrons. The molecule has 0 bridgehead atoms. The van der Waals surface area contributed by atoms with Crippen LogP contribution >= 0.6 is 0 Å². The number of rotatable bonds is 5. The van der Waals surface area contributed by atoms with Gasteiger partial charge in [-0.25, -0.2) is 4.79 Å². The van der Waals surface area contributed by atoms with Crippen LogP contribution in [0.15, 0.2) is 29.4 Å². The molecular formula is C11H10N4O4. The van der Waals surface area contributed by atoms with E-state index in [1.165, 1.54) is 24.3 Å². The fourth-order valence-corrected chi connectivity index (χ4v) is 1.09. The molecule has 0 amide bonds. The Bertz CT molecular complexity index is 545. The molecule has 8 heteroatoms.